The average molecular weight is 238 g/mol. The van der Waals surface area contributed by atoms with Gasteiger partial charge in [0.15, 0.2) is 0 Å². The second kappa shape index (κ2) is 5.39. The molecule has 1 fully saturated rings. The Balaban J connectivity index is 2.11. The highest BCUT2D eigenvalue weighted by Gasteiger charge is 2.20. The lowest BCUT2D eigenvalue weighted by molar-refractivity contribution is -0.119. The third-order valence-electron chi connectivity index (χ3n) is 3.39. The maximum atomic E-state index is 13.5. The van der Waals surface area contributed by atoms with Crippen LogP contribution in [0.2, 0.25) is 0 Å². The minimum Gasteiger partial charge on any atom is -0.300 e. The van der Waals surface area contributed by atoms with E-state index < -0.39 is 11.6 Å². The Bertz CT molecular complexity index is 394. The SMILES string of the molecule is O=C1CCCCC(Cc2c(F)cccc2F)C1. The molecule has 0 amide bonds. The van der Waals surface area contributed by atoms with E-state index in [1.54, 1.807) is 0 Å². The van der Waals surface area contributed by atoms with Gasteiger partial charge in [-0.05, 0) is 37.3 Å². The molecule has 1 saturated carbocycles. The molecule has 1 atom stereocenters. The number of benzene rings is 1. The van der Waals surface area contributed by atoms with Gasteiger partial charge in [0.25, 0.3) is 0 Å². The fraction of sp³-hybridized carbons (Fsp3) is 0.500. The van der Waals surface area contributed by atoms with E-state index in [0.29, 0.717) is 19.3 Å². The van der Waals surface area contributed by atoms with Crippen molar-refractivity contribution < 1.29 is 13.6 Å². The van der Waals surface area contributed by atoms with Crippen LogP contribution in [-0.2, 0) is 11.2 Å². The molecule has 1 aliphatic rings. The minimum atomic E-state index is -0.498. The van der Waals surface area contributed by atoms with Crippen LogP contribution in [0.15, 0.2) is 18.2 Å². The highest BCUT2D eigenvalue weighted by atomic mass is 19.1. The van der Waals surface area contributed by atoms with Crippen molar-refractivity contribution >= 4 is 5.78 Å². The summed E-state index contributed by atoms with van der Waals surface area (Å²) in [6.07, 6.45) is 4.20. The number of halogens is 2. The van der Waals surface area contributed by atoms with Crippen molar-refractivity contribution in [2.24, 2.45) is 5.92 Å². The zero-order valence-corrected chi connectivity index (χ0v) is 9.72. The summed E-state index contributed by atoms with van der Waals surface area (Å²) in [6, 6.07) is 3.92. The topological polar surface area (TPSA) is 17.1 Å². The first-order chi connectivity index (χ1) is 8.16. The number of carbonyl (C=O) groups is 1. The van der Waals surface area contributed by atoms with Gasteiger partial charge >= 0.3 is 0 Å². The van der Waals surface area contributed by atoms with Crippen LogP contribution in [0.5, 0.6) is 0 Å². The molecule has 1 aliphatic carbocycles. The van der Waals surface area contributed by atoms with E-state index in [0.717, 1.165) is 19.3 Å². The lowest BCUT2D eigenvalue weighted by Crippen LogP contribution is -2.10. The molecule has 17 heavy (non-hydrogen) atoms. The van der Waals surface area contributed by atoms with Gasteiger partial charge in [0.05, 0.1) is 0 Å². The summed E-state index contributed by atoms with van der Waals surface area (Å²) in [7, 11) is 0. The van der Waals surface area contributed by atoms with Crippen molar-refractivity contribution in [1.29, 1.82) is 0 Å². The van der Waals surface area contributed by atoms with Crippen molar-refractivity contribution in [2.45, 2.75) is 38.5 Å². The van der Waals surface area contributed by atoms with Crippen LogP contribution in [0.1, 0.15) is 37.7 Å². The summed E-state index contributed by atoms with van der Waals surface area (Å²) in [4.78, 5) is 11.5. The molecule has 0 N–H and O–H groups in total. The molecule has 0 bridgehead atoms. The van der Waals surface area contributed by atoms with E-state index in [9.17, 15) is 13.6 Å². The fourth-order valence-electron chi connectivity index (χ4n) is 2.47. The highest BCUT2D eigenvalue weighted by molar-refractivity contribution is 5.78. The van der Waals surface area contributed by atoms with Gasteiger partial charge in [-0.1, -0.05) is 12.5 Å². The molecule has 1 aromatic carbocycles. The zero-order chi connectivity index (χ0) is 12.3. The predicted octanol–water partition coefficient (Wildman–Crippen LogP) is 3.66. The number of hydrogen-bond acceptors (Lipinski definition) is 1. The maximum Gasteiger partial charge on any atom is 0.133 e. The smallest absolute Gasteiger partial charge is 0.133 e. The third-order valence-corrected chi connectivity index (χ3v) is 3.39. The Kier molecular flexibility index (Phi) is 3.87. The maximum absolute atomic E-state index is 13.5. The standard InChI is InChI=1S/C14H16F2O/c15-13-6-3-7-14(16)12(13)9-10-4-1-2-5-11(17)8-10/h3,6-7,10H,1-2,4-5,8-9H2. The van der Waals surface area contributed by atoms with Crippen molar-refractivity contribution in [3.63, 3.8) is 0 Å². The second-order valence-electron chi connectivity index (χ2n) is 4.76. The molecule has 1 nitrogen and oxygen atoms in total. The average Bonchev–Trinajstić information content (AvgIpc) is 2.48. The van der Waals surface area contributed by atoms with Crippen molar-refractivity contribution in [3.8, 4) is 0 Å². The number of Topliss-reactive ketones (excluding diaryl/α,β-unsaturated/α-hetero) is 1. The second-order valence-corrected chi connectivity index (χ2v) is 4.76. The molecule has 0 heterocycles. The largest absolute Gasteiger partial charge is 0.300 e. The molecule has 1 unspecified atom stereocenters. The summed E-state index contributed by atoms with van der Waals surface area (Å²) < 4.78 is 27.0. The normalized spacial score (nSPS) is 21.3. The van der Waals surface area contributed by atoms with Crippen molar-refractivity contribution in [1.82, 2.24) is 0 Å². The Morgan fingerprint density at radius 2 is 1.88 bits per heavy atom. The molecule has 0 saturated heterocycles. The Morgan fingerprint density at radius 1 is 1.18 bits per heavy atom. The first-order valence-electron chi connectivity index (χ1n) is 6.11. The molecular formula is C14H16F2O. The van der Waals surface area contributed by atoms with E-state index in [-0.39, 0.29) is 17.3 Å². The Morgan fingerprint density at radius 3 is 2.59 bits per heavy atom. The summed E-state index contributed by atoms with van der Waals surface area (Å²) >= 11 is 0. The number of ketones is 1. The van der Waals surface area contributed by atoms with E-state index in [1.807, 2.05) is 0 Å². The third kappa shape index (κ3) is 3.11. The summed E-state index contributed by atoms with van der Waals surface area (Å²) in [5.74, 6) is -0.677. The highest BCUT2D eigenvalue weighted by Crippen LogP contribution is 2.26. The predicted molar refractivity (Wildman–Crippen MR) is 61.6 cm³/mol. The van der Waals surface area contributed by atoms with Crippen LogP contribution < -0.4 is 0 Å². The first kappa shape index (κ1) is 12.2. The van der Waals surface area contributed by atoms with Crippen LogP contribution in [0.25, 0.3) is 0 Å². The van der Waals surface area contributed by atoms with Crippen LogP contribution in [0.4, 0.5) is 8.78 Å². The zero-order valence-electron chi connectivity index (χ0n) is 9.72. The first-order valence-corrected chi connectivity index (χ1v) is 6.11. The van der Waals surface area contributed by atoms with Gasteiger partial charge in [-0.25, -0.2) is 8.78 Å². The van der Waals surface area contributed by atoms with Gasteiger partial charge in [-0.3, -0.25) is 4.79 Å². The van der Waals surface area contributed by atoms with Crippen molar-refractivity contribution in [2.75, 3.05) is 0 Å². The lowest BCUT2D eigenvalue weighted by Gasteiger charge is -2.14. The van der Waals surface area contributed by atoms with Gasteiger partial charge in [0, 0.05) is 18.4 Å². The number of rotatable bonds is 2. The van der Waals surface area contributed by atoms with E-state index in [1.165, 1.54) is 18.2 Å². The molecular weight excluding hydrogens is 222 g/mol. The van der Waals surface area contributed by atoms with E-state index >= 15 is 0 Å². The molecule has 1 aromatic rings. The van der Waals surface area contributed by atoms with Crippen LogP contribution in [0, 0.1) is 17.6 Å². The summed E-state index contributed by atoms with van der Waals surface area (Å²) in [6.45, 7) is 0. The Hall–Kier alpha value is -1.25. The minimum absolute atomic E-state index is 0.0939. The molecule has 2 rings (SSSR count). The van der Waals surface area contributed by atoms with Gasteiger partial charge < -0.3 is 0 Å². The van der Waals surface area contributed by atoms with Crippen LogP contribution in [-0.4, -0.2) is 5.78 Å². The molecule has 0 aromatic heterocycles. The monoisotopic (exact) mass is 238 g/mol. The summed E-state index contributed by atoms with van der Waals surface area (Å²) in [5.41, 5.74) is 0.132. The molecule has 0 spiro atoms. The van der Waals surface area contributed by atoms with Gasteiger partial charge in [0.2, 0.25) is 0 Å². The van der Waals surface area contributed by atoms with Gasteiger partial charge in [-0.2, -0.15) is 0 Å². The Labute approximate surface area is 99.8 Å². The molecule has 0 radical (unpaired) electrons. The molecule has 92 valence electrons. The van der Waals surface area contributed by atoms with E-state index in [4.69, 9.17) is 0 Å². The van der Waals surface area contributed by atoms with Gasteiger partial charge in [0.1, 0.15) is 17.4 Å². The lowest BCUT2D eigenvalue weighted by atomic mass is 9.92. The van der Waals surface area contributed by atoms with Crippen LogP contribution >= 0.6 is 0 Å². The number of hydrogen-bond donors (Lipinski definition) is 0. The fourth-order valence-corrected chi connectivity index (χ4v) is 2.47. The summed E-state index contributed by atoms with van der Waals surface area (Å²) in [5, 5.41) is 0. The molecule has 0 aliphatic heterocycles. The molecule has 3 heteroatoms. The quantitative estimate of drug-likeness (QED) is 0.719. The van der Waals surface area contributed by atoms with Crippen LogP contribution in [0.3, 0.4) is 0 Å². The van der Waals surface area contributed by atoms with Gasteiger partial charge in [-0.15, -0.1) is 0 Å². The van der Waals surface area contributed by atoms with E-state index in [2.05, 4.69) is 0 Å². The number of carbonyl (C=O) groups excluding carboxylic acids is 1. The van der Waals surface area contributed by atoms with Crippen molar-refractivity contribution in [3.05, 3.63) is 35.4 Å².